The van der Waals surface area contributed by atoms with Crippen molar-refractivity contribution >= 4 is 6.21 Å². The largest absolute Gasteiger partial charge is 0.315 e. The summed E-state index contributed by atoms with van der Waals surface area (Å²) in [5, 5.41) is 0. The van der Waals surface area contributed by atoms with Gasteiger partial charge in [0.1, 0.15) is 0 Å². The van der Waals surface area contributed by atoms with Crippen LogP contribution in [-0.2, 0) is 6.54 Å². The highest BCUT2D eigenvalue weighted by atomic mass is 15.0. The zero-order valence-electron chi connectivity index (χ0n) is 7.72. The number of rotatable bonds is 0. The summed E-state index contributed by atoms with van der Waals surface area (Å²) >= 11 is 0. The Morgan fingerprint density at radius 1 is 1.07 bits per heavy atom. The van der Waals surface area contributed by atoms with Crippen molar-refractivity contribution in [3.63, 3.8) is 0 Å². The summed E-state index contributed by atoms with van der Waals surface area (Å²) in [5.74, 6) is 0. The Hall–Kier alpha value is -1.83. The van der Waals surface area contributed by atoms with Crippen LogP contribution in [0.25, 0.3) is 5.69 Å². The summed E-state index contributed by atoms with van der Waals surface area (Å²) in [7, 11) is 0. The van der Waals surface area contributed by atoms with Crippen molar-refractivity contribution in [2.75, 3.05) is 0 Å². The normalized spacial score (nSPS) is 13.1. The van der Waals surface area contributed by atoms with Crippen molar-refractivity contribution in [3.05, 3.63) is 53.9 Å². The fourth-order valence-corrected chi connectivity index (χ4v) is 1.84. The minimum absolute atomic E-state index is 0.776. The van der Waals surface area contributed by atoms with Crippen LogP contribution in [0.3, 0.4) is 0 Å². The zero-order chi connectivity index (χ0) is 9.38. The number of aliphatic imine (C=N–C) groups is 1. The quantitative estimate of drug-likeness (QED) is 0.595. The van der Waals surface area contributed by atoms with Gasteiger partial charge in [0, 0.05) is 12.4 Å². The molecule has 0 unspecified atom stereocenters. The van der Waals surface area contributed by atoms with E-state index in [1.807, 2.05) is 12.3 Å². The first-order valence-electron chi connectivity index (χ1n) is 4.70. The molecular formula is C12H10N2. The van der Waals surface area contributed by atoms with Crippen LogP contribution in [0.1, 0.15) is 11.3 Å². The molecule has 2 heteroatoms. The van der Waals surface area contributed by atoms with Crippen LogP contribution in [0.4, 0.5) is 0 Å². The van der Waals surface area contributed by atoms with Crippen LogP contribution in [0.2, 0.25) is 0 Å². The Balaban J connectivity index is 2.33. The van der Waals surface area contributed by atoms with Crippen molar-refractivity contribution in [2.45, 2.75) is 6.54 Å². The number of fused-ring (bicyclic) bond motifs is 3. The molecule has 0 N–H and O–H groups in total. The van der Waals surface area contributed by atoms with Gasteiger partial charge in [-0.2, -0.15) is 0 Å². The van der Waals surface area contributed by atoms with Gasteiger partial charge in [-0.25, -0.2) is 0 Å². The highest BCUT2D eigenvalue weighted by Gasteiger charge is 2.08. The minimum Gasteiger partial charge on any atom is -0.315 e. The minimum atomic E-state index is 0.776. The Kier molecular flexibility index (Phi) is 1.53. The molecule has 14 heavy (non-hydrogen) atoms. The summed E-state index contributed by atoms with van der Waals surface area (Å²) in [6.07, 6.45) is 4.01. The number of aromatic nitrogens is 1. The molecule has 0 saturated heterocycles. The van der Waals surface area contributed by atoms with Crippen molar-refractivity contribution in [1.29, 1.82) is 0 Å². The Bertz CT molecular complexity index is 495. The third-order valence-corrected chi connectivity index (χ3v) is 2.52. The van der Waals surface area contributed by atoms with Gasteiger partial charge in [0.2, 0.25) is 0 Å². The predicted molar refractivity (Wildman–Crippen MR) is 57.1 cm³/mol. The lowest BCUT2D eigenvalue weighted by Crippen LogP contribution is -1.98. The molecule has 0 saturated carbocycles. The first-order valence-corrected chi connectivity index (χ1v) is 4.70. The van der Waals surface area contributed by atoms with Crippen LogP contribution in [0.15, 0.2) is 47.6 Å². The molecule has 1 aliphatic rings. The standard InChI is InChI=1S/C12H10N2/c1-2-6-12-10(4-1)8-13-9-11-5-3-7-14(11)12/h1-7,9H,8H2. The number of hydrogen-bond acceptors (Lipinski definition) is 1. The van der Waals surface area contributed by atoms with E-state index >= 15 is 0 Å². The molecule has 1 aromatic carbocycles. The molecule has 2 aromatic rings. The first kappa shape index (κ1) is 7.56. The van der Waals surface area contributed by atoms with Crippen LogP contribution >= 0.6 is 0 Å². The molecule has 3 rings (SSSR count). The Morgan fingerprint density at radius 2 is 2.00 bits per heavy atom. The van der Waals surface area contributed by atoms with Crippen LogP contribution in [0.5, 0.6) is 0 Å². The van der Waals surface area contributed by atoms with E-state index in [1.54, 1.807) is 0 Å². The molecule has 2 nitrogen and oxygen atoms in total. The van der Waals surface area contributed by atoms with Crippen molar-refractivity contribution < 1.29 is 0 Å². The molecule has 1 aromatic heterocycles. The zero-order valence-corrected chi connectivity index (χ0v) is 7.72. The second kappa shape index (κ2) is 2.84. The number of nitrogens with zero attached hydrogens (tertiary/aromatic N) is 2. The summed E-state index contributed by atoms with van der Waals surface area (Å²) in [4.78, 5) is 4.38. The molecule has 0 fully saturated rings. The molecule has 68 valence electrons. The van der Waals surface area contributed by atoms with E-state index < -0.39 is 0 Å². The highest BCUT2D eigenvalue weighted by Crippen LogP contribution is 2.19. The molecule has 0 atom stereocenters. The lowest BCUT2D eigenvalue weighted by atomic mass is 10.2. The maximum atomic E-state index is 4.38. The maximum Gasteiger partial charge on any atom is 0.0661 e. The van der Waals surface area contributed by atoms with Gasteiger partial charge in [-0.15, -0.1) is 0 Å². The van der Waals surface area contributed by atoms with Gasteiger partial charge >= 0.3 is 0 Å². The molecule has 0 aliphatic carbocycles. The third kappa shape index (κ3) is 1.01. The first-order chi connectivity index (χ1) is 6.95. The Labute approximate surface area is 82.5 Å². The highest BCUT2D eigenvalue weighted by molar-refractivity contribution is 5.79. The SMILES string of the molecule is C1=NCc2ccccc2-n2cccc21. The second-order valence-corrected chi connectivity index (χ2v) is 3.40. The summed E-state index contributed by atoms with van der Waals surface area (Å²) < 4.78 is 2.17. The van der Waals surface area contributed by atoms with E-state index in [4.69, 9.17) is 0 Å². The van der Waals surface area contributed by atoms with E-state index in [9.17, 15) is 0 Å². The van der Waals surface area contributed by atoms with Crippen LogP contribution in [-0.4, -0.2) is 10.8 Å². The maximum absolute atomic E-state index is 4.38. The predicted octanol–water partition coefficient (Wildman–Crippen LogP) is 2.41. The Morgan fingerprint density at radius 3 is 3.00 bits per heavy atom. The molecular weight excluding hydrogens is 172 g/mol. The van der Waals surface area contributed by atoms with E-state index in [1.165, 1.54) is 11.3 Å². The van der Waals surface area contributed by atoms with E-state index in [0.29, 0.717) is 0 Å². The molecule has 0 radical (unpaired) electrons. The van der Waals surface area contributed by atoms with Gasteiger partial charge in [0.05, 0.1) is 17.9 Å². The topological polar surface area (TPSA) is 17.3 Å². The van der Waals surface area contributed by atoms with Crippen molar-refractivity contribution in [3.8, 4) is 5.69 Å². The molecule has 0 bridgehead atoms. The summed E-state index contributed by atoms with van der Waals surface area (Å²) in [6.45, 7) is 0.776. The average molecular weight is 182 g/mol. The second-order valence-electron chi connectivity index (χ2n) is 3.40. The van der Waals surface area contributed by atoms with Gasteiger partial charge in [-0.1, -0.05) is 18.2 Å². The van der Waals surface area contributed by atoms with Gasteiger partial charge in [0.15, 0.2) is 0 Å². The van der Waals surface area contributed by atoms with Gasteiger partial charge in [-0.05, 0) is 23.8 Å². The lowest BCUT2D eigenvalue weighted by Gasteiger charge is -2.07. The van der Waals surface area contributed by atoms with Gasteiger partial charge in [-0.3, -0.25) is 4.99 Å². The molecule has 1 aliphatic heterocycles. The average Bonchev–Trinajstić information content (AvgIpc) is 2.61. The van der Waals surface area contributed by atoms with Crippen molar-refractivity contribution in [2.24, 2.45) is 4.99 Å². The van der Waals surface area contributed by atoms with E-state index in [2.05, 4.69) is 46.1 Å². The van der Waals surface area contributed by atoms with Crippen molar-refractivity contribution in [1.82, 2.24) is 4.57 Å². The smallest absolute Gasteiger partial charge is 0.0661 e. The van der Waals surface area contributed by atoms with E-state index in [-0.39, 0.29) is 0 Å². The number of benzene rings is 1. The van der Waals surface area contributed by atoms with Gasteiger partial charge < -0.3 is 4.57 Å². The molecule has 0 amide bonds. The molecule has 0 spiro atoms. The fourth-order valence-electron chi connectivity index (χ4n) is 1.84. The van der Waals surface area contributed by atoms with E-state index in [0.717, 1.165) is 12.2 Å². The van der Waals surface area contributed by atoms with Crippen LogP contribution < -0.4 is 0 Å². The van der Waals surface area contributed by atoms with Gasteiger partial charge in [0.25, 0.3) is 0 Å². The third-order valence-electron chi connectivity index (χ3n) is 2.52. The summed E-state index contributed by atoms with van der Waals surface area (Å²) in [5.41, 5.74) is 3.67. The monoisotopic (exact) mass is 182 g/mol. The fraction of sp³-hybridized carbons (Fsp3) is 0.0833. The molecule has 2 heterocycles. The number of hydrogen-bond donors (Lipinski definition) is 0. The summed E-state index contributed by atoms with van der Waals surface area (Å²) in [6, 6.07) is 12.5. The lowest BCUT2D eigenvalue weighted by molar-refractivity contribution is 1.02. The number of para-hydroxylation sites is 1. The van der Waals surface area contributed by atoms with Crippen LogP contribution in [0, 0.1) is 0 Å².